The van der Waals surface area contributed by atoms with Gasteiger partial charge in [0.2, 0.25) is 17.7 Å². The number of nitrogens with zero attached hydrogens (tertiary/aromatic N) is 3. The molecule has 2 amide bonds. The summed E-state index contributed by atoms with van der Waals surface area (Å²) >= 11 is 0. The minimum absolute atomic E-state index is 0.0161. The van der Waals surface area contributed by atoms with Gasteiger partial charge >= 0.3 is 0 Å². The average molecular weight is 481 g/mol. The van der Waals surface area contributed by atoms with Gasteiger partial charge in [0, 0.05) is 51.1 Å². The topological polar surface area (TPSA) is 55.9 Å². The molecule has 2 atom stereocenters. The summed E-state index contributed by atoms with van der Waals surface area (Å²) < 4.78 is 27.2. The number of amides is 2. The fraction of sp³-hybridized carbons (Fsp3) is 0.923. The maximum atomic E-state index is 13.6. The van der Waals surface area contributed by atoms with Crippen LogP contribution in [0.5, 0.6) is 0 Å². The predicted octanol–water partition coefficient (Wildman–Crippen LogP) is 3.40. The van der Waals surface area contributed by atoms with Crippen LogP contribution in [0.3, 0.4) is 0 Å². The van der Waals surface area contributed by atoms with E-state index >= 15 is 0 Å². The number of fused-ring (bicyclic) bond motifs is 1. The second kappa shape index (κ2) is 9.64. The summed E-state index contributed by atoms with van der Waals surface area (Å²) in [6.45, 7) is 3.59. The number of halogens is 2. The number of rotatable bonds is 4. The van der Waals surface area contributed by atoms with Crippen molar-refractivity contribution < 1.29 is 18.4 Å². The third-order valence-electron chi connectivity index (χ3n) is 9.67. The summed E-state index contributed by atoms with van der Waals surface area (Å²) in [4.78, 5) is 33.2. The van der Waals surface area contributed by atoms with Crippen molar-refractivity contribution in [2.45, 2.75) is 113 Å². The largest absolute Gasteiger partial charge is 0.348 e. The first-order chi connectivity index (χ1) is 16.2. The van der Waals surface area contributed by atoms with Gasteiger partial charge in [-0.25, -0.2) is 8.78 Å². The van der Waals surface area contributed by atoms with Crippen LogP contribution in [0.2, 0.25) is 0 Å². The first-order valence-electron chi connectivity index (χ1n) is 13.7. The summed E-state index contributed by atoms with van der Waals surface area (Å²) in [5.74, 6) is -1.67. The molecule has 3 saturated heterocycles. The third kappa shape index (κ3) is 5.13. The number of carbonyl (C=O) groups excluding carboxylic acids is 2. The van der Waals surface area contributed by atoms with E-state index in [-0.39, 0.29) is 36.7 Å². The SMILES string of the molecule is CN(C1CCC(F)(F)CC1)[C@H]1C[C@H]2C(=O)NC3(CCN(CC4CCCCC4)CC3)CC(=O)N2C1. The molecule has 0 aromatic heterocycles. The van der Waals surface area contributed by atoms with E-state index in [1.807, 2.05) is 7.05 Å². The maximum absolute atomic E-state index is 13.6. The molecule has 3 aliphatic heterocycles. The Kier molecular flexibility index (Phi) is 6.92. The molecule has 8 heteroatoms. The molecule has 2 saturated carbocycles. The molecule has 5 fully saturated rings. The van der Waals surface area contributed by atoms with Crippen LogP contribution in [0.15, 0.2) is 0 Å². The van der Waals surface area contributed by atoms with Gasteiger partial charge in [-0.2, -0.15) is 0 Å². The highest BCUT2D eigenvalue weighted by molar-refractivity contribution is 5.92. The quantitative estimate of drug-likeness (QED) is 0.670. The van der Waals surface area contributed by atoms with E-state index in [0.29, 0.717) is 32.2 Å². The number of likely N-dealkylation sites (tertiary alicyclic amines) is 1. The zero-order chi connectivity index (χ0) is 23.9. The van der Waals surface area contributed by atoms with Gasteiger partial charge in [-0.05, 0) is 57.9 Å². The molecule has 1 spiro atoms. The maximum Gasteiger partial charge on any atom is 0.248 e. The van der Waals surface area contributed by atoms with Crippen molar-refractivity contribution in [3.63, 3.8) is 0 Å². The van der Waals surface area contributed by atoms with Gasteiger partial charge in [-0.1, -0.05) is 19.3 Å². The number of alkyl halides is 2. The lowest BCUT2D eigenvalue weighted by Gasteiger charge is -2.42. The molecule has 2 aliphatic carbocycles. The number of likely N-dealkylation sites (N-methyl/N-ethyl adjacent to an activating group) is 1. The van der Waals surface area contributed by atoms with Crippen molar-refractivity contribution in [2.75, 3.05) is 33.2 Å². The summed E-state index contributed by atoms with van der Waals surface area (Å²) in [5, 5.41) is 3.32. The molecule has 3 heterocycles. The van der Waals surface area contributed by atoms with Gasteiger partial charge in [0.25, 0.3) is 0 Å². The van der Waals surface area contributed by atoms with Gasteiger partial charge < -0.3 is 15.1 Å². The van der Waals surface area contributed by atoms with E-state index in [4.69, 9.17) is 0 Å². The zero-order valence-electron chi connectivity index (χ0n) is 20.7. The van der Waals surface area contributed by atoms with E-state index < -0.39 is 17.5 Å². The fourth-order valence-corrected chi connectivity index (χ4v) is 7.34. The molecule has 0 bridgehead atoms. The van der Waals surface area contributed by atoms with Crippen molar-refractivity contribution in [1.29, 1.82) is 0 Å². The average Bonchev–Trinajstić information content (AvgIpc) is 3.24. The van der Waals surface area contributed by atoms with E-state index in [9.17, 15) is 18.4 Å². The number of hydrogen-bond donors (Lipinski definition) is 1. The van der Waals surface area contributed by atoms with E-state index in [1.54, 1.807) is 4.90 Å². The zero-order valence-corrected chi connectivity index (χ0v) is 20.7. The molecule has 5 aliphatic rings. The van der Waals surface area contributed by atoms with Crippen molar-refractivity contribution in [1.82, 2.24) is 20.0 Å². The van der Waals surface area contributed by atoms with Gasteiger partial charge in [0.05, 0.1) is 12.0 Å². The summed E-state index contributed by atoms with van der Waals surface area (Å²) in [6, 6.07) is -0.265. The first-order valence-corrected chi connectivity index (χ1v) is 13.7. The molecule has 0 radical (unpaired) electrons. The monoisotopic (exact) mass is 480 g/mol. The molecule has 34 heavy (non-hydrogen) atoms. The standard InChI is InChI=1S/C26H42F2N4O2/c1-30(20-7-9-26(27,28)10-8-20)21-15-22-24(34)29-25(16-23(33)32(22)18-21)11-13-31(14-12-25)17-19-5-3-2-4-6-19/h19-22H,2-18H2,1H3,(H,29,34)/t21-,22-/m0/s1. The predicted molar refractivity (Wildman–Crippen MR) is 127 cm³/mol. The molecular formula is C26H42F2N4O2. The molecule has 192 valence electrons. The number of nitrogens with one attached hydrogen (secondary N) is 1. The van der Waals surface area contributed by atoms with E-state index in [2.05, 4.69) is 15.1 Å². The highest BCUT2D eigenvalue weighted by Gasteiger charge is 2.50. The van der Waals surface area contributed by atoms with Crippen LogP contribution in [0.4, 0.5) is 8.78 Å². The molecule has 0 aromatic rings. The Balaban J connectivity index is 1.16. The Labute approximate surface area is 202 Å². The van der Waals surface area contributed by atoms with Gasteiger partial charge in [0.15, 0.2) is 0 Å². The van der Waals surface area contributed by atoms with Gasteiger partial charge in [-0.3, -0.25) is 14.5 Å². The first kappa shape index (κ1) is 24.4. The summed E-state index contributed by atoms with van der Waals surface area (Å²) in [7, 11) is 1.98. The summed E-state index contributed by atoms with van der Waals surface area (Å²) in [6.07, 6.45) is 10.3. The Hall–Kier alpha value is -1.28. The minimum atomic E-state index is -2.54. The normalized spacial score (nSPS) is 33.2. The molecule has 0 unspecified atom stereocenters. The number of piperidine rings is 1. The summed E-state index contributed by atoms with van der Waals surface area (Å²) in [5.41, 5.74) is -0.405. The Morgan fingerprint density at radius 1 is 0.971 bits per heavy atom. The molecule has 6 nitrogen and oxygen atoms in total. The van der Waals surface area contributed by atoms with E-state index in [1.165, 1.54) is 32.1 Å². The second-order valence-corrected chi connectivity index (χ2v) is 12.0. The van der Waals surface area contributed by atoms with Gasteiger partial charge in [-0.15, -0.1) is 0 Å². The van der Waals surface area contributed by atoms with Crippen LogP contribution in [0.25, 0.3) is 0 Å². The number of carbonyl (C=O) groups is 2. The minimum Gasteiger partial charge on any atom is -0.348 e. The molecule has 1 N–H and O–H groups in total. The van der Waals surface area contributed by atoms with Crippen LogP contribution >= 0.6 is 0 Å². The number of hydrogen-bond acceptors (Lipinski definition) is 4. The third-order valence-corrected chi connectivity index (χ3v) is 9.67. The van der Waals surface area contributed by atoms with Crippen molar-refractivity contribution in [3.8, 4) is 0 Å². The molecular weight excluding hydrogens is 438 g/mol. The second-order valence-electron chi connectivity index (χ2n) is 12.0. The van der Waals surface area contributed by atoms with Gasteiger partial charge in [0.1, 0.15) is 6.04 Å². The van der Waals surface area contributed by atoms with Crippen molar-refractivity contribution >= 4 is 11.8 Å². The lowest BCUT2D eigenvalue weighted by atomic mass is 9.82. The van der Waals surface area contributed by atoms with Crippen LogP contribution in [-0.2, 0) is 9.59 Å². The Morgan fingerprint density at radius 3 is 2.32 bits per heavy atom. The van der Waals surface area contributed by atoms with Crippen molar-refractivity contribution in [2.24, 2.45) is 5.92 Å². The lowest BCUT2D eigenvalue weighted by Crippen LogP contribution is -2.56. The van der Waals surface area contributed by atoms with Crippen LogP contribution in [0.1, 0.15) is 83.5 Å². The van der Waals surface area contributed by atoms with Crippen LogP contribution < -0.4 is 5.32 Å². The Bertz CT molecular complexity index is 726. The van der Waals surface area contributed by atoms with Crippen LogP contribution in [-0.4, -0.2) is 89.3 Å². The smallest absolute Gasteiger partial charge is 0.248 e. The van der Waals surface area contributed by atoms with Crippen LogP contribution in [0, 0.1) is 5.92 Å². The molecule has 0 aromatic carbocycles. The van der Waals surface area contributed by atoms with Crippen molar-refractivity contribution in [3.05, 3.63) is 0 Å². The lowest BCUT2D eigenvalue weighted by molar-refractivity contribution is -0.135. The highest BCUT2D eigenvalue weighted by Crippen LogP contribution is 2.38. The van der Waals surface area contributed by atoms with E-state index in [0.717, 1.165) is 38.4 Å². The molecule has 5 rings (SSSR count). The fourth-order valence-electron chi connectivity index (χ4n) is 7.34. The Morgan fingerprint density at radius 2 is 1.65 bits per heavy atom. The highest BCUT2D eigenvalue weighted by atomic mass is 19.3.